The Kier molecular flexibility index (Phi) is 4.56. The molecule has 2 amide bonds. The van der Waals surface area contributed by atoms with Gasteiger partial charge < -0.3 is 10.6 Å². The van der Waals surface area contributed by atoms with E-state index in [1.807, 2.05) is 42.5 Å². The summed E-state index contributed by atoms with van der Waals surface area (Å²) in [6.45, 7) is 0.854. The van der Waals surface area contributed by atoms with Gasteiger partial charge in [0.2, 0.25) is 0 Å². The first-order valence-corrected chi connectivity index (χ1v) is 8.01. The number of amides is 2. The third kappa shape index (κ3) is 3.75. The number of carbonyl (C=O) groups excluding carboxylic acids is 1. The zero-order valence-corrected chi connectivity index (χ0v) is 13.2. The van der Waals surface area contributed by atoms with Gasteiger partial charge in [-0.15, -0.1) is 11.3 Å². The van der Waals surface area contributed by atoms with Crippen LogP contribution >= 0.6 is 22.9 Å². The number of hydrogen-bond donors (Lipinski definition) is 2. The van der Waals surface area contributed by atoms with Gasteiger partial charge in [-0.3, -0.25) is 0 Å². The van der Waals surface area contributed by atoms with Crippen molar-refractivity contribution in [2.45, 2.75) is 13.1 Å². The van der Waals surface area contributed by atoms with Crippen LogP contribution in [-0.4, -0.2) is 11.0 Å². The molecule has 0 unspecified atom stereocenters. The van der Waals surface area contributed by atoms with E-state index in [0.29, 0.717) is 18.1 Å². The molecule has 1 heterocycles. The predicted octanol–water partition coefficient (Wildman–Crippen LogP) is 3.95. The Morgan fingerprint density at radius 3 is 2.73 bits per heavy atom. The summed E-state index contributed by atoms with van der Waals surface area (Å²) in [7, 11) is 0. The van der Waals surface area contributed by atoms with E-state index in [-0.39, 0.29) is 6.03 Å². The van der Waals surface area contributed by atoms with E-state index >= 15 is 0 Å². The highest BCUT2D eigenvalue weighted by Gasteiger charge is 2.05. The number of nitrogens with one attached hydrogen (secondary N) is 2. The van der Waals surface area contributed by atoms with Gasteiger partial charge in [0.05, 0.1) is 16.8 Å². The summed E-state index contributed by atoms with van der Waals surface area (Å²) in [6.07, 6.45) is 0. The van der Waals surface area contributed by atoms with E-state index in [0.717, 1.165) is 20.8 Å². The van der Waals surface area contributed by atoms with Crippen LogP contribution in [0.15, 0.2) is 48.5 Å². The van der Waals surface area contributed by atoms with Gasteiger partial charge in [-0.1, -0.05) is 35.9 Å². The monoisotopic (exact) mass is 331 g/mol. The van der Waals surface area contributed by atoms with Crippen molar-refractivity contribution >= 4 is 39.2 Å². The lowest BCUT2D eigenvalue weighted by molar-refractivity contribution is 0.240. The molecule has 1 aromatic heterocycles. The first-order chi connectivity index (χ1) is 10.7. The lowest BCUT2D eigenvalue weighted by atomic mass is 10.2. The van der Waals surface area contributed by atoms with Crippen LogP contribution < -0.4 is 10.6 Å². The quantitative estimate of drug-likeness (QED) is 0.760. The van der Waals surface area contributed by atoms with Crippen LogP contribution in [0.1, 0.15) is 10.6 Å². The molecule has 0 aliphatic carbocycles. The number of fused-ring (bicyclic) bond motifs is 1. The largest absolute Gasteiger partial charge is 0.334 e. The number of aromatic nitrogens is 1. The van der Waals surface area contributed by atoms with E-state index in [1.54, 1.807) is 17.4 Å². The molecule has 0 atom stereocenters. The fraction of sp³-hybridized carbons (Fsp3) is 0.125. The zero-order valence-electron chi connectivity index (χ0n) is 11.7. The Morgan fingerprint density at radius 1 is 1.09 bits per heavy atom. The highest BCUT2D eigenvalue weighted by molar-refractivity contribution is 7.18. The van der Waals surface area contributed by atoms with Crippen molar-refractivity contribution < 1.29 is 4.79 Å². The maximum Gasteiger partial charge on any atom is 0.315 e. The second-order valence-electron chi connectivity index (χ2n) is 4.74. The van der Waals surface area contributed by atoms with Crippen LogP contribution in [-0.2, 0) is 13.1 Å². The van der Waals surface area contributed by atoms with Crippen molar-refractivity contribution in [3.63, 3.8) is 0 Å². The van der Waals surface area contributed by atoms with Gasteiger partial charge in [-0.25, -0.2) is 9.78 Å². The summed E-state index contributed by atoms with van der Waals surface area (Å²) in [5.41, 5.74) is 1.92. The average Bonchev–Trinajstić information content (AvgIpc) is 2.94. The Hall–Kier alpha value is -2.11. The molecule has 0 fully saturated rings. The van der Waals surface area contributed by atoms with Crippen molar-refractivity contribution in [2.75, 3.05) is 0 Å². The highest BCUT2D eigenvalue weighted by atomic mass is 35.5. The van der Waals surface area contributed by atoms with Crippen LogP contribution in [0.5, 0.6) is 0 Å². The average molecular weight is 332 g/mol. The Morgan fingerprint density at radius 2 is 1.91 bits per heavy atom. The van der Waals surface area contributed by atoms with Gasteiger partial charge in [0, 0.05) is 11.6 Å². The van der Waals surface area contributed by atoms with Crippen molar-refractivity contribution in [1.29, 1.82) is 0 Å². The highest BCUT2D eigenvalue weighted by Crippen LogP contribution is 2.21. The molecule has 0 bridgehead atoms. The third-order valence-electron chi connectivity index (χ3n) is 3.08. The normalized spacial score (nSPS) is 10.6. The Balaban J connectivity index is 1.51. The van der Waals surface area contributed by atoms with E-state index in [2.05, 4.69) is 15.6 Å². The molecular weight excluding hydrogens is 318 g/mol. The second-order valence-corrected chi connectivity index (χ2v) is 6.29. The molecule has 112 valence electrons. The molecule has 0 aliphatic rings. The Labute approximate surface area is 137 Å². The van der Waals surface area contributed by atoms with Crippen LogP contribution in [0.3, 0.4) is 0 Å². The molecule has 0 radical (unpaired) electrons. The van der Waals surface area contributed by atoms with Crippen LogP contribution in [0.2, 0.25) is 5.02 Å². The summed E-state index contributed by atoms with van der Waals surface area (Å²) in [4.78, 5) is 16.3. The topological polar surface area (TPSA) is 54.0 Å². The molecule has 2 aromatic carbocycles. The van der Waals surface area contributed by atoms with Crippen LogP contribution in [0.25, 0.3) is 10.2 Å². The minimum atomic E-state index is -0.223. The standard InChI is InChI=1S/C16H14ClN3OS/c17-12-5-3-4-11(8-12)9-18-16(21)19-10-15-20-13-6-1-2-7-14(13)22-15/h1-8H,9-10H2,(H2,18,19,21). The minimum Gasteiger partial charge on any atom is -0.334 e. The molecule has 0 spiro atoms. The number of carbonyl (C=O) groups is 1. The minimum absolute atomic E-state index is 0.223. The lowest BCUT2D eigenvalue weighted by Gasteiger charge is -2.06. The van der Waals surface area contributed by atoms with Gasteiger partial charge in [0.1, 0.15) is 5.01 Å². The van der Waals surface area contributed by atoms with Gasteiger partial charge in [0.25, 0.3) is 0 Å². The molecular formula is C16H14ClN3OS. The summed E-state index contributed by atoms with van der Waals surface area (Å²) >= 11 is 7.49. The van der Waals surface area contributed by atoms with E-state index in [4.69, 9.17) is 11.6 Å². The lowest BCUT2D eigenvalue weighted by Crippen LogP contribution is -2.34. The van der Waals surface area contributed by atoms with Gasteiger partial charge in [0.15, 0.2) is 0 Å². The van der Waals surface area contributed by atoms with Gasteiger partial charge in [-0.2, -0.15) is 0 Å². The number of urea groups is 1. The molecule has 3 rings (SSSR count). The van der Waals surface area contributed by atoms with E-state index in [1.165, 1.54) is 0 Å². The molecule has 0 saturated heterocycles. The predicted molar refractivity (Wildman–Crippen MR) is 90.1 cm³/mol. The SMILES string of the molecule is O=C(NCc1cccc(Cl)c1)NCc1nc2ccccc2s1. The van der Waals surface area contributed by atoms with Crippen LogP contribution in [0.4, 0.5) is 4.79 Å². The van der Waals surface area contributed by atoms with Crippen molar-refractivity contribution in [1.82, 2.24) is 15.6 Å². The zero-order chi connectivity index (χ0) is 15.4. The number of benzene rings is 2. The number of hydrogen-bond acceptors (Lipinski definition) is 3. The molecule has 2 N–H and O–H groups in total. The molecule has 4 nitrogen and oxygen atoms in total. The molecule has 0 aliphatic heterocycles. The van der Waals surface area contributed by atoms with Gasteiger partial charge >= 0.3 is 6.03 Å². The maximum absolute atomic E-state index is 11.8. The number of para-hydroxylation sites is 1. The van der Waals surface area contributed by atoms with E-state index in [9.17, 15) is 4.79 Å². The van der Waals surface area contributed by atoms with Crippen molar-refractivity contribution in [3.8, 4) is 0 Å². The summed E-state index contributed by atoms with van der Waals surface area (Å²) in [5, 5.41) is 7.16. The number of thiazole rings is 1. The Bertz CT molecular complexity index is 770. The number of nitrogens with zero attached hydrogens (tertiary/aromatic N) is 1. The second kappa shape index (κ2) is 6.77. The first-order valence-electron chi connectivity index (χ1n) is 6.81. The van der Waals surface area contributed by atoms with Gasteiger partial charge in [-0.05, 0) is 29.8 Å². The fourth-order valence-corrected chi connectivity index (χ4v) is 3.16. The molecule has 3 aromatic rings. The molecule has 6 heteroatoms. The van der Waals surface area contributed by atoms with Crippen molar-refractivity contribution in [3.05, 3.63) is 64.1 Å². The number of rotatable bonds is 4. The fourth-order valence-electron chi connectivity index (χ4n) is 2.04. The van der Waals surface area contributed by atoms with Crippen LogP contribution in [0, 0.1) is 0 Å². The maximum atomic E-state index is 11.8. The van der Waals surface area contributed by atoms with Crippen molar-refractivity contribution in [2.24, 2.45) is 0 Å². The smallest absolute Gasteiger partial charge is 0.315 e. The summed E-state index contributed by atoms with van der Waals surface area (Å²) in [6, 6.07) is 15.1. The summed E-state index contributed by atoms with van der Waals surface area (Å²) < 4.78 is 1.12. The third-order valence-corrected chi connectivity index (χ3v) is 4.35. The molecule has 0 saturated carbocycles. The molecule has 22 heavy (non-hydrogen) atoms. The van der Waals surface area contributed by atoms with E-state index < -0.39 is 0 Å². The first kappa shape index (κ1) is 14.8. The number of halogens is 1. The summed E-state index contributed by atoms with van der Waals surface area (Å²) in [5.74, 6) is 0.